The maximum absolute atomic E-state index is 2.39. The molecule has 0 unspecified atom stereocenters. The standard InChI is InChI=1S/C28H60P.ClH.2HI/c1-5-9-13-14-15-16-17-18-19-20-21-22-23-24-28-29(25-10-6-2,26-11-7-3)27-12-8-4;;;/h5-28H2,1-4H3;3*1H/q+1;;;. The van der Waals surface area contributed by atoms with Crippen LogP contribution < -0.4 is 0 Å². The Labute approximate surface area is 246 Å². The first kappa shape index (κ1) is 41.3. The van der Waals surface area contributed by atoms with Crippen molar-refractivity contribution in [1.29, 1.82) is 0 Å². The van der Waals surface area contributed by atoms with Gasteiger partial charge in [0.25, 0.3) is 0 Å². The number of halogens is 3. The van der Waals surface area contributed by atoms with E-state index >= 15 is 0 Å². The molecule has 0 saturated heterocycles. The van der Waals surface area contributed by atoms with E-state index in [2.05, 4.69) is 27.7 Å². The largest absolute Gasteiger partial charge is 0.147 e. The predicted octanol–water partition coefficient (Wildman–Crippen LogP) is 12.5. The molecule has 0 aliphatic heterocycles. The Balaban J connectivity index is -0.00000131. The number of unbranched alkanes of at least 4 members (excludes halogenated alkanes) is 16. The lowest BCUT2D eigenvalue weighted by Gasteiger charge is -2.28. The van der Waals surface area contributed by atoms with Crippen molar-refractivity contribution >= 4 is 67.6 Å². The summed E-state index contributed by atoms with van der Waals surface area (Å²) in [5.74, 6) is 0. The summed E-state index contributed by atoms with van der Waals surface area (Å²) in [7, 11) is -0.630. The minimum Gasteiger partial charge on any atom is -0.147 e. The summed E-state index contributed by atoms with van der Waals surface area (Å²) in [6.45, 7) is 9.48. The summed E-state index contributed by atoms with van der Waals surface area (Å²) in [6.07, 6.45) is 36.0. The minimum atomic E-state index is -0.630. The zero-order chi connectivity index (χ0) is 21.5. The van der Waals surface area contributed by atoms with Crippen LogP contribution in [0.1, 0.15) is 156 Å². The van der Waals surface area contributed by atoms with Crippen LogP contribution in [0.2, 0.25) is 0 Å². The molecule has 0 aliphatic rings. The SMILES string of the molecule is CCCCCCCCCCCCCCCC[P+](CCCC)(CCCC)CCCC.Cl.I.I. The zero-order valence-electron chi connectivity index (χ0n) is 22.6. The average Bonchev–Trinajstić information content (AvgIpc) is 2.74. The van der Waals surface area contributed by atoms with Gasteiger partial charge in [-0.3, -0.25) is 0 Å². The number of hydrogen-bond acceptors (Lipinski definition) is 0. The third-order valence-electron chi connectivity index (χ3n) is 6.94. The highest BCUT2D eigenvalue weighted by Crippen LogP contribution is 2.61. The van der Waals surface area contributed by atoms with Gasteiger partial charge in [0, 0.05) is 7.26 Å². The van der Waals surface area contributed by atoms with Crippen LogP contribution >= 0.6 is 67.6 Å². The van der Waals surface area contributed by atoms with E-state index in [0.717, 1.165) is 0 Å². The molecule has 0 aromatic heterocycles. The van der Waals surface area contributed by atoms with E-state index in [-0.39, 0.29) is 60.4 Å². The molecule has 0 atom stereocenters. The summed E-state index contributed by atoms with van der Waals surface area (Å²) >= 11 is 0. The van der Waals surface area contributed by atoms with Crippen molar-refractivity contribution in [1.82, 2.24) is 0 Å². The van der Waals surface area contributed by atoms with Crippen molar-refractivity contribution < 1.29 is 0 Å². The van der Waals surface area contributed by atoms with Gasteiger partial charge in [0.05, 0.1) is 24.6 Å². The van der Waals surface area contributed by atoms with Crippen molar-refractivity contribution in [3.8, 4) is 0 Å². The summed E-state index contributed by atoms with van der Waals surface area (Å²) in [6, 6.07) is 0. The Bertz CT molecular complexity index is 294. The number of rotatable bonds is 24. The molecule has 0 spiro atoms. The van der Waals surface area contributed by atoms with Crippen LogP contribution in [0.4, 0.5) is 0 Å². The van der Waals surface area contributed by atoms with Crippen molar-refractivity contribution in [3.63, 3.8) is 0 Å². The van der Waals surface area contributed by atoms with Crippen molar-refractivity contribution in [2.45, 2.75) is 156 Å². The van der Waals surface area contributed by atoms with E-state index in [1.54, 1.807) is 31.1 Å². The van der Waals surface area contributed by atoms with Crippen molar-refractivity contribution in [2.24, 2.45) is 0 Å². The lowest BCUT2D eigenvalue weighted by Crippen LogP contribution is -2.13. The second kappa shape index (κ2) is 33.2. The Kier molecular flexibility index (Phi) is 42.8. The Morgan fingerprint density at radius 2 is 0.531 bits per heavy atom. The molecule has 0 nitrogen and oxygen atoms in total. The molecule has 200 valence electrons. The first-order valence-electron chi connectivity index (χ1n) is 14.1. The van der Waals surface area contributed by atoms with Gasteiger partial charge < -0.3 is 0 Å². The van der Waals surface area contributed by atoms with Gasteiger partial charge in [0.1, 0.15) is 0 Å². The molecule has 32 heavy (non-hydrogen) atoms. The van der Waals surface area contributed by atoms with Crippen molar-refractivity contribution in [3.05, 3.63) is 0 Å². The second-order valence-corrected chi connectivity index (χ2v) is 14.4. The molecule has 0 N–H and O–H groups in total. The third-order valence-corrected chi connectivity index (χ3v) is 12.0. The molecular formula is C28H63ClI2P+. The van der Waals surface area contributed by atoms with Gasteiger partial charge >= 0.3 is 0 Å². The van der Waals surface area contributed by atoms with Crippen LogP contribution in [0.25, 0.3) is 0 Å². The predicted molar refractivity (Wildman–Crippen MR) is 180 cm³/mol. The molecule has 0 rings (SSSR count). The van der Waals surface area contributed by atoms with Crippen LogP contribution in [0.5, 0.6) is 0 Å². The zero-order valence-corrected chi connectivity index (χ0v) is 29.0. The van der Waals surface area contributed by atoms with Gasteiger partial charge in [-0.1, -0.05) is 124 Å². The first-order chi connectivity index (χ1) is 14.2. The molecule has 0 fully saturated rings. The summed E-state index contributed by atoms with van der Waals surface area (Å²) in [4.78, 5) is 0. The molecule has 0 saturated carbocycles. The Morgan fingerprint density at radius 3 is 0.812 bits per heavy atom. The summed E-state index contributed by atoms with van der Waals surface area (Å²) in [5, 5.41) is 0. The lowest BCUT2D eigenvalue weighted by molar-refractivity contribution is 0.538. The summed E-state index contributed by atoms with van der Waals surface area (Å²) < 4.78 is 0. The average molecular weight is 720 g/mol. The molecule has 0 heterocycles. The molecule has 0 aromatic carbocycles. The molecule has 0 aromatic rings. The number of hydrogen-bond donors (Lipinski definition) is 0. The van der Waals surface area contributed by atoms with Crippen LogP contribution in [-0.2, 0) is 0 Å². The van der Waals surface area contributed by atoms with E-state index < -0.39 is 7.26 Å². The van der Waals surface area contributed by atoms with Crippen molar-refractivity contribution in [2.75, 3.05) is 24.6 Å². The van der Waals surface area contributed by atoms with E-state index in [1.807, 2.05) is 0 Å². The van der Waals surface area contributed by atoms with Crippen LogP contribution in [0.15, 0.2) is 0 Å². The maximum Gasteiger partial charge on any atom is 0.0594 e. The lowest BCUT2D eigenvalue weighted by atomic mass is 10.0. The van der Waals surface area contributed by atoms with Gasteiger partial charge in [-0.25, -0.2) is 0 Å². The van der Waals surface area contributed by atoms with Gasteiger partial charge in [0.2, 0.25) is 0 Å². The fourth-order valence-corrected chi connectivity index (χ4v) is 9.99. The van der Waals surface area contributed by atoms with E-state index in [4.69, 9.17) is 0 Å². The normalized spacial score (nSPS) is 10.9. The topological polar surface area (TPSA) is 0 Å². The smallest absolute Gasteiger partial charge is 0.0594 e. The monoisotopic (exact) mass is 719 g/mol. The molecular weight excluding hydrogens is 657 g/mol. The summed E-state index contributed by atoms with van der Waals surface area (Å²) in [5.41, 5.74) is 0. The highest BCUT2D eigenvalue weighted by molar-refractivity contribution is 14.0. The van der Waals surface area contributed by atoms with Gasteiger partial charge in [0.15, 0.2) is 0 Å². The Morgan fingerprint density at radius 1 is 0.312 bits per heavy atom. The molecule has 0 amide bonds. The van der Waals surface area contributed by atoms with E-state index in [0.29, 0.717) is 0 Å². The van der Waals surface area contributed by atoms with Gasteiger partial charge in [-0.15, -0.1) is 60.4 Å². The van der Waals surface area contributed by atoms with Gasteiger partial charge in [-0.2, -0.15) is 0 Å². The highest BCUT2D eigenvalue weighted by atomic mass is 127. The second-order valence-electron chi connectivity index (χ2n) is 9.89. The third kappa shape index (κ3) is 26.8. The van der Waals surface area contributed by atoms with Crippen LogP contribution in [0.3, 0.4) is 0 Å². The van der Waals surface area contributed by atoms with Crippen LogP contribution in [0, 0.1) is 0 Å². The minimum absolute atomic E-state index is 0. The molecule has 0 aliphatic carbocycles. The van der Waals surface area contributed by atoms with Gasteiger partial charge in [-0.05, 0) is 32.1 Å². The fraction of sp³-hybridized carbons (Fsp3) is 1.00. The van der Waals surface area contributed by atoms with Crippen LogP contribution in [-0.4, -0.2) is 24.6 Å². The molecule has 0 bridgehead atoms. The maximum atomic E-state index is 2.39. The fourth-order valence-electron chi connectivity index (χ4n) is 4.79. The Hall–Kier alpha value is 2.18. The van der Waals surface area contributed by atoms with E-state index in [9.17, 15) is 0 Å². The molecule has 0 radical (unpaired) electrons. The molecule has 4 heteroatoms. The first-order valence-corrected chi connectivity index (χ1v) is 16.6. The quantitative estimate of drug-likeness (QED) is 0.0529. The highest BCUT2D eigenvalue weighted by Gasteiger charge is 2.34. The van der Waals surface area contributed by atoms with E-state index in [1.165, 1.54) is 122 Å².